The van der Waals surface area contributed by atoms with Crippen molar-refractivity contribution in [2.24, 2.45) is 5.73 Å². The van der Waals surface area contributed by atoms with Gasteiger partial charge in [0.2, 0.25) is 5.91 Å². The summed E-state index contributed by atoms with van der Waals surface area (Å²) in [6, 6.07) is 5.36. The fourth-order valence-electron chi connectivity index (χ4n) is 1.74. The maximum atomic E-state index is 11.1. The zero-order valence-electron chi connectivity index (χ0n) is 9.03. The Kier molecular flexibility index (Phi) is 3.76. The monoisotopic (exact) mass is 274 g/mol. The summed E-state index contributed by atoms with van der Waals surface area (Å²) in [6.45, 7) is 1.60. The van der Waals surface area contributed by atoms with E-state index in [1.54, 1.807) is 12.1 Å². The van der Waals surface area contributed by atoms with E-state index in [1.807, 2.05) is 11.0 Å². The molecule has 1 unspecified atom stereocenters. The molecule has 1 fully saturated rings. The van der Waals surface area contributed by atoms with E-state index in [-0.39, 0.29) is 0 Å². The summed E-state index contributed by atoms with van der Waals surface area (Å²) in [5.41, 5.74) is 6.13. The van der Waals surface area contributed by atoms with Gasteiger partial charge in [-0.1, -0.05) is 23.2 Å². The van der Waals surface area contributed by atoms with Crippen molar-refractivity contribution in [2.75, 3.05) is 24.6 Å². The Morgan fingerprint density at radius 1 is 1.41 bits per heavy atom. The Labute approximate surface area is 109 Å². The molecular weight excluding hydrogens is 263 g/mol. The van der Waals surface area contributed by atoms with E-state index in [2.05, 4.69) is 0 Å². The van der Waals surface area contributed by atoms with Crippen molar-refractivity contribution in [3.05, 3.63) is 28.2 Å². The largest absolute Gasteiger partial charge is 0.367 e. The van der Waals surface area contributed by atoms with Crippen molar-refractivity contribution >= 4 is 34.8 Å². The molecule has 1 atom stereocenters. The molecule has 2 N–H and O–H groups in total. The molecule has 2 rings (SSSR count). The number of nitrogens with two attached hydrogens (primary N) is 1. The van der Waals surface area contributed by atoms with Crippen LogP contribution >= 0.6 is 23.2 Å². The SMILES string of the molecule is NC(=O)C1CN(c2ccc(Cl)c(Cl)c2)CCO1. The van der Waals surface area contributed by atoms with Crippen molar-refractivity contribution in [3.63, 3.8) is 0 Å². The van der Waals surface area contributed by atoms with Gasteiger partial charge < -0.3 is 15.4 Å². The maximum Gasteiger partial charge on any atom is 0.248 e. The number of rotatable bonds is 2. The average Bonchev–Trinajstić information content (AvgIpc) is 2.33. The Bertz CT molecular complexity index is 439. The lowest BCUT2D eigenvalue weighted by Crippen LogP contribution is -2.48. The molecule has 17 heavy (non-hydrogen) atoms. The van der Waals surface area contributed by atoms with Crippen LogP contribution in [0.1, 0.15) is 0 Å². The number of hydrogen-bond donors (Lipinski definition) is 1. The minimum atomic E-state index is -0.571. The van der Waals surface area contributed by atoms with E-state index >= 15 is 0 Å². The van der Waals surface area contributed by atoms with Crippen molar-refractivity contribution in [1.29, 1.82) is 0 Å². The van der Waals surface area contributed by atoms with Gasteiger partial charge in [0.15, 0.2) is 6.10 Å². The molecule has 1 aliphatic heterocycles. The van der Waals surface area contributed by atoms with Gasteiger partial charge in [-0.05, 0) is 18.2 Å². The summed E-state index contributed by atoms with van der Waals surface area (Å²) in [5, 5.41) is 1.00. The highest BCUT2D eigenvalue weighted by Gasteiger charge is 2.25. The average molecular weight is 275 g/mol. The zero-order chi connectivity index (χ0) is 12.4. The van der Waals surface area contributed by atoms with Gasteiger partial charge in [0, 0.05) is 12.2 Å². The normalized spacial score (nSPS) is 20.4. The molecule has 1 saturated heterocycles. The highest BCUT2D eigenvalue weighted by Crippen LogP contribution is 2.28. The Balaban J connectivity index is 2.16. The van der Waals surface area contributed by atoms with Crippen LogP contribution in [0.2, 0.25) is 10.0 Å². The fourth-order valence-corrected chi connectivity index (χ4v) is 2.03. The number of halogens is 2. The molecular formula is C11H12Cl2N2O2. The minimum Gasteiger partial charge on any atom is -0.367 e. The number of ether oxygens (including phenoxy) is 1. The molecule has 0 radical (unpaired) electrons. The van der Waals surface area contributed by atoms with Crippen LogP contribution < -0.4 is 10.6 Å². The first kappa shape index (κ1) is 12.5. The third kappa shape index (κ3) is 2.83. The molecule has 0 bridgehead atoms. The number of amides is 1. The Morgan fingerprint density at radius 3 is 2.82 bits per heavy atom. The molecule has 4 nitrogen and oxygen atoms in total. The number of morpholine rings is 1. The molecule has 1 aliphatic rings. The lowest BCUT2D eigenvalue weighted by Gasteiger charge is -2.33. The fraction of sp³-hybridized carbons (Fsp3) is 0.364. The van der Waals surface area contributed by atoms with E-state index < -0.39 is 12.0 Å². The van der Waals surface area contributed by atoms with Gasteiger partial charge in [-0.15, -0.1) is 0 Å². The van der Waals surface area contributed by atoms with Crippen molar-refractivity contribution in [3.8, 4) is 0 Å². The summed E-state index contributed by atoms with van der Waals surface area (Å²) < 4.78 is 5.27. The molecule has 0 aliphatic carbocycles. The van der Waals surface area contributed by atoms with Gasteiger partial charge in [0.1, 0.15) is 0 Å². The highest BCUT2D eigenvalue weighted by molar-refractivity contribution is 6.42. The van der Waals surface area contributed by atoms with E-state index in [9.17, 15) is 4.79 Å². The second kappa shape index (κ2) is 5.12. The highest BCUT2D eigenvalue weighted by atomic mass is 35.5. The van der Waals surface area contributed by atoms with Crippen LogP contribution in [0.15, 0.2) is 18.2 Å². The first-order chi connectivity index (χ1) is 8.08. The summed E-state index contributed by atoms with van der Waals surface area (Å²) in [7, 11) is 0. The maximum absolute atomic E-state index is 11.1. The molecule has 1 aromatic carbocycles. The number of primary amides is 1. The second-order valence-electron chi connectivity index (χ2n) is 3.81. The lowest BCUT2D eigenvalue weighted by molar-refractivity contribution is -0.130. The number of benzene rings is 1. The van der Waals surface area contributed by atoms with Gasteiger partial charge in [-0.3, -0.25) is 4.79 Å². The van der Waals surface area contributed by atoms with Crippen molar-refractivity contribution in [1.82, 2.24) is 0 Å². The number of hydrogen-bond acceptors (Lipinski definition) is 3. The van der Waals surface area contributed by atoms with Crippen LogP contribution in [-0.4, -0.2) is 31.7 Å². The molecule has 6 heteroatoms. The molecule has 1 amide bonds. The molecule has 0 aromatic heterocycles. The first-order valence-corrected chi connectivity index (χ1v) is 5.94. The number of carbonyl (C=O) groups excluding carboxylic acids is 1. The van der Waals surface area contributed by atoms with Crippen LogP contribution in [0.4, 0.5) is 5.69 Å². The molecule has 92 valence electrons. The zero-order valence-corrected chi connectivity index (χ0v) is 10.5. The Morgan fingerprint density at radius 2 is 2.18 bits per heavy atom. The van der Waals surface area contributed by atoms with Crippen LogP contribution in [0.5, 0.6) is 0 Å². The van der Waals surface area contributed by atoms with Gasteiger partial charge in [-0.25, -0.2) is 0 Å². The van der Waals surface area contributed by atoms with Gasteiger partial charge in [-0.2, -0.15) is 0 Å². The molecule has 0 saturated carbocycles. The summed E-state index contributed by atoms with van der Waals surface area (Å²) in [5.74, 6) is -0.449. The van der Waals surface area contributed by atoms with Gasteiger partial charge in [0.05, 0.1) is 23.2 Å². The number of nitrogens with zero attached hydrogens (tertiary/aromatic N) is 1. The van der Waals surface area contributed by atoms with Crippen LogP contribution in [-0.2, 0) is 9.53 Å². The van der Waals surface area contributed by atoms with E-state index in [4.69, 9.17) is 33.7 Å². The number of anilines is 1. The lowest BCUT2D eigenvalue weighted by atomic mass is 10.2. The minimum absolute atomic E-state index is 0.438. The molecule has 1 heterocycles. The topological polar surface area (TPSA) is 55.6 Å². The van der Waals surface area contributed by atoms with Crippen LogP contribution in [0, 0.1) is 0 Å². The quantitative estimate of drug-likeness (QED) is 0.893. The van der Waals surface area contributed by atoms with Gasteiger partial charge >= 0.3 is 0 Å². The van der Waals surface area contributed by atoms with E-state index in [0.29, 0.717) is 29.7 Å². The van der Waals surface area contributed by atoms with Crippen molar-refractivity contribution in [2.45, 2.75) is 6.10 Å². The summed E-state index contributed by atoms with van der Waals surface area (Å²) in [6.07, 6.45) is -0.571. The predicted octanol–water partition coefficient (Wildman–Crippen LogP) is 1.68. The summed E-state index contributed by atoms with van der Waals surface area (Å²) >= 11 is 11.8. The smallest absolute Gasteiger partial charge is 0.248 e. The third-order valence-electron chi connectivity index (χ3n) is 2.65. The Hall–Kier alpha value is -0.970. The van der Waals surface area contributed by atoms with Crippen LogP contribution in [0.3, 0.4) is 0 Å². The predicted molar refractivity (Wildman–Crippen MR) is 67.6 cm³/mol. The first-order valence-electron chi connectivity index (χ1n) is 5.19. The number of carbonyl (C=O) groups is 1. The van der Waals surface area contributed by atoms with Gasteiger partial charge in [0.25, 0.3) is 0 Å². The summed E-state index contributed by atoms with van der Waals surface area (Å²) in [4.78, 5) is 13.1. The standard InChI is InChI=1S/C11H12Cl2N2O2/c12-8-2-1-7(5-9(8)13)15-3-4-17-10(6-15)11(14)16/h1-2,5,10H,3-4,6H2,(H2,14,16). The van der Waals surface area contributed by atoms with E-state index in [0.717, 1.165) is 5.69 Å². The molecule has 1 aromatic rings. The van der Waals surface area contributed by atoms with Crippen molar-refractivity contribution < 1.29 is 9.53 Å². The third-order valence-corrected chi connectivity index (χ3v) is 3.39. The van der Waals surface area contributed by atoms with E-state index in [1.165, 1.54) is 0 Å². The second-order valence-corrected chi connectivity index (χ2v) is 4.62. The molecule has 0 spiro atoms. The van der Waals surface area contributed by atoms with Crippen LogP contribution in [0.25, 0.3) is 0 Å².